The number of fused-ring (bicyclic) bond motifs is 1. The van der Waals surface area contributed by atoms with Crippen molar-refractivity contribution in [2.75, 3.05) is 5.73 Å². The van der Waals surface area contributed by atoms with Crippen molar-refractivity contribution in [1.82, 2.24) is 4.98 Å². The zero-order valence-corrected chi connectivity index (χ0v) is 7.28. The second-order valence-electron chi connectivity index (χ2n) is 3.09. The summed E-state index contributed by atoms with van der Waals surface area (Å²) in [5.74, 6) is 0.217. The van der Waals surface area contributed by atoms with Crippen LogP contribution in [-0.2, 0) is 0 Å². The van der Waals surface area contributed by atoms with Crippen molar-refractivity contribution in [1.29, 1.82) is 0 Å². The number of aryl methyl sites for hydroxylation is 1. The summed E-state index contributed by atoms with van der Waals surface area (Å²) in [7, 11) is 0. The number of nitrogens with zero attached hydrogens (tertiary/aromatic N) is 1. The molecule has 0 atom stereocenters. The van der Waals surface area contributed by atoms with Gasteiger partial charge in [-0.15, -0.1) is 0 Å². The second kappa shape index (κ2) is 2.62. The van der Waals surface area contributed by atoms with Gasteiger partial charge in [0, 0.05) is 5.39 Å². The van der Waals surface area contributed by atoms with Gasteiger partial charge in [0.05, 0.1) is 5.52 Å². The van der Waals surface area contributed by atoms with E-state index < -0.39 is 0 Å². The lowest BCUT2D eigenvalue weighted by Crippen LogP contribution is -1.91. The van der Waals surface area contributed by atoms with Crippen molar-refractivity contribution in [3.8, 4) is 5.75 Å². The highest BCUT2D eigenvalue weighted by molar-refractivity contribution is 5.83. The maximum absolute atomic E-state index is 9.32. The first kappa shape index (κ1) is 7.86. The lowest BCUT2D eigenvalue weighted by Gasteiger charge is -2.02. The number of pyridine rings is 1. The van der Waals surface area contributed by atoms with E-state index in [4.69, 9.17) is 5.73 Å². The van der Waals surface area contributed by atoms with Crippen LogP contribution in [0.5, 0.6) is 5.75 Å². The molecule has 0 radical (unpaired) electrons. The molecule has 0 spiro atoms. The van der Waals surface area contributed by atoms with Crippen molar-refractivity contribution < 1.29 is 5.11 Å². The van der Waals surface area contributed by atoms with E-state index in [-0.39, 0.29) is 11.6 Å². The molecule has 1 heterocycles. The Kier molecular flexibility index (Phi) is 1.59. The fourth-order valence-corrected chi connectivity index (χ4v) is 1.30. The van der Waals surface area contributed by atoms with Crippen molar-refractivity contribution >= 4 is 16.7 Å². The Morgan fingerprint density at radius 3 is 2.85 bits per heavy atom. The minimum absolute atomic E-state index is 0.0399. The Labute approximate surface area is 75.8 Å². The zero-order valence-electron chi connectivity index (χ0n) is 7.28. The fourth-order valence-electron chi connectivity index (χ4n) is 1.30. The van der Waals surface area contributed by atoms with Gasteiger partial charge < -0.3 is 10.8 Å². The van der Waals surface area contributed by atoms with Gasteiger partial charge in [0.15, 0.2) is 11.6 Å². The van der Waals surface area contributed by atoms with Crippen LogP contribution in [0, 0.1) is 6.92 Å². The first-order valence-electron chi connectivity index (χ1n) is 4.02. The van der Waals surface area contributed by atoms with Gasteiger partial charge in [0.2, 0.25) is 0 Å². The highest BCUT2D eigenvalue weighted by Crippen LogP contribution is 2.23. The van der Waals surface area contributed by atoms with Crippen molar-refractivity contribution in [3.63, 3.8) is 0 Å². The van der Waals surface area contributed by atoms with E-state index in [1.165, 1.54) is 0 Å². The topological polar surface area (TPSA) is 59.1 Å². The van der Waals surface area contributed by atoms with Crippen LogP contribution in [-0.4, -0.2) is 10.1 Å². The fraction of sp³-hybridized carbons (Fsp3) is 0.100. The van der Waals surface area contributed by atoms with Crippen LogP contribution in [0.1, 0.15) is 5.56 Å². The quantitative estimate of drug-likeness (QED) is 0.640. The van der Waals surface area contributed by atoms with Gasteiger partial charge in [-0.3, -0.25) is 0 Å². The van der Waals surface area contributed by atoms with Gasteiger partial charge in [0.25, 0.3) is 0 Å². The molecule has 1 aromatic heterocycles. The number of anilines is 1. The van der Waals surface area contributed by atoms with Gasteiger partial charge >= 0.3 is 0 Å². The Morgan fingerprint density at radius 1 is 1.31 bits per heavy atom. The molecule has 3 N–H and O–H groups in total. The third kappa shape index (κ3) is 1.28. The van der Waals surface area contributed by atoms with Gasteiger partial charge in [-0.05, 0) is 25.1 Å². The molecule has 0 aliphatic carbocycles. The standard InChI is InChI=1S/C10H10N2O/c1-6-2-3-8-7(4-6)5-9(13)10(11)12-8/h2-5,13H,1H3,(H2,11,12). The van der Waals surface area contributed by atoms with Crippen LogP contribution >= 0.6 is 0 Å². The summed E-state index contributed by atoms with van der Waals surface area (Å²) in [6.07, 6.45) is 0. The van der Waals surface area contributed by atoms with Crippen LogP contribution in [0.25, 0.3) is 10.9 Å². The molecule has 0 amide bonds. The highest BCUT2D eigenvalue weighted by Gasteiger charge is 2.01. The predicted octanol–water partition coefficient (Wildman–Crippen LogP) is 1.83. The number of hydrogen-bond donors (Lipinski definition) is 2. The Balaban J connectivity index is 2.81. The van der Waals surface area contributed by atoms with E-state index in [9.17, 15) is 5.11 Å². The van der Waals surface area contributed by atoms with Crippen molar-refractivity contribution in [3.05, 3.63) is 29.8 Å². The number of benzene rings is 1. The van der Waals surface area contributed by atoms with E-state index in [0.717, 1.165) is 16.5 Å². The third-order valence-corrected chi connectivity index (χ3v) is 1.98. The van der Waals surface area contributed by atoms with Crippen molar-refractivity contribution in [2.24, 2.45) is 0 Å². The van der Waals surface area contributed by atoms with E-state index in [2.05, 4.69) is 4.98 Å². The van der Waals surface area contributed by atoms with Gasteiger partial charge in [-0.1, -0.05) is 11.6 Å². The number of aromatic nitrogens is 1. The summed E-state index contributed by atoms with van der Waals surface area (Å²) in [6.45, 7) is 1.99. The van der Waals surface area contributed by atoms with Crippen LogP contribution in [0.15, 0.2) is 24.3 Å². The van der Waals surface area contributed by atoms with Gasteiger partial charge in [0.1, 0.15) is 0 Å². The minimum Gasteiger partial charge on any atom is -0.504 e. The summed E-state index contributed by atoms with van der Waals surface area (Å²) >= 11 is 0. The molecule has 66 valence electrons. The van der Waals surface area contributed by atoms with E-state index >= 15 is 0 Å². The first-order chi connectivity index (χ1) is 6.16. The molecule has 3 nitrogen and oxygen atoms in total. The smallest absolute Gasteiger partial charge is 0.166 e. The van der Waals surface area contributed by atoms with Crippen LogP contribution in [0.3, 0.4) is 0 Å². The monoisotopic (exact) mass is 174 g/mol. The molecular weight excluding hydrogens is 164 g/mol. The molecule has 3 heteroatoms. The Morgan fingerprint density at radius 2 is 2.08 bits per heavy atom. The largest absolute Gasteiger partial charge is 0.504 e. The predicted molar refractivity (Wildman–Crippen MR) is 52.6 cm³/mol. The zero-order chi connectivity index (χ0) is 9.42. The van der Waals surface area contributed by atoms with Crippen LogP contribution in [0.2, 0.25) is 0 Å². The molecule has 0 bridgehead atoms. The molecule has 2 rings (SSSR count). The van der Waals surface area contributed by atoms with Crippen LogP contribution < -0.4 is 5.73 Å². The maximum Gasteiger partial charge on any atom is 0.166 e. The molecule has 0 unspecified atom stereocenters. The molecular formula is C10H10N2O. The summed E-state index contributed by atoms with van der Waals surface area (Å²) < 4.78 is 0. The lowest BCUT2D eigenvalue weighted by molar-refractivity contribution is 0.477. The van der Waals surface area contributed by atoms with E-state index in [1.807, 2.05) is 25.1 Å². The van der Waals surface area contributed by atoms with E-state index in [1.54, 1.807) is 6.07 Å². The molecule has 0 aliphatic rings. The average molecular weight is 174 g/mol. The normalized spacial score (nSPS) is 10.5. The summed E-state index contributed by atoms with van der Waals surface area (Å²) in [5.41, 5.74) is 7.41. The van der Waals surface area contributed by atoms with Crippen LogP contribution in [0.4, 0.5) is 5.82 Å². The van der Waals surface area contributed by atoms with Gasteiger partial charge in [-0.2, -0.15) is 0 Å². The third-order valence-electron chi connectivity index (χ3n) is 1.98. The Hall–Kier alpha value is -1.77. The lowest BCUT2D eigenvalue weighted by atomic mass is 10.1. The van der Waals surface area contributed by atoms with E-state index in [0.29, 0.717) is 0 Å². The number of nitrogens with two attached hydrogens (primary N) is 1. The number of hydrogen-bond acceptors (Lipinski definition) is 3. The summed E-state index contributed by atoms with van der Waals surface area (Å²) in [4.78, 5) is 4.04. The van der Waals surface area contributed by atoms with Crippen molar-refractivity contribution in [2.45, 2.75) is 6.92 Å². The SMILES string of the molecule is Cc1ccc2nc(N)c(O)cc2c1. The molecule has 0 fully saturated rings. The highest BCUT2D eigenvalue weighted by atomic mass is 16.3. The molecule has 0 saturated carbocycles. The summed E-state index contributed by atoms with van der Waals surface area (Å²) in [5, 5.41) is 10.2. The molecule has 2 aromatic rings. The Bertz CT molecular complexity index is 466. The summed E-state index contributed by atoms with van der Waals surface area (Å²) in [6, 6.07) is 7.44. The maximum atomic E-state index is 9.32. The molecule has 13 heavy (non-hydrogen) atoms. The molecule has 0 saturated heterocycles. The second-order valence-corrected chi connectivity index (χ2v) is 3.09. The minimum atomic E-state index is 0.0399. The number of rotatable bonds is 0. The molecule has 1 aromatic carbocycles. The average Bonchev–Trinajstić information content (AvgIpc) is 2.08. The number of aromatic hydroxyl groups is 1. The first-order valence-corrected chi connectivity index (χ1v) is 4.02. The number of nitrogen functional groups attached to an aromatic ring is 1. The van der Waals surface area contributed by atoms with Gasteiger partial charge in [-0.25, -0.2) is 4.98 Å². The molecule has 0 aliphatic heterocycles.